The van der Waals surface area contributed by atoms with Gasteiger partial charge in [0.15, 0.2) is 0 Å². The molecule has 1 aliphatic rings. The van der Waals surface area contributed by atoms with Crippen LogP contribution in [0.4, 0.5) is 0 Å². The van der Waals surface area contributed by atoms with E-state index in [1.54, 1.807) is 0 Å². The first kappa shape index (κ1) is 13.2. The fraction of sp³-hybridized carbons (Fsp3) is 0.769. The van der Waals surface area contributed by atoms with Crippen molar-refractivity contribution in [1.29, 1.82) is 0 Å². The van der Waals surface area contributed by atoms with Crippen molar-refractivity contribution in [3.05, 3.63) is 12.2 Å². The van der Waals surface area contributed by atoms with E-state index in [1.165, 1.54) is 31.8 Å². The molecule has 3 heteroatoms. The van der Waals surface area contributed by atoms with E-state index < -0.39 is 0 Å². The van der Waals surface area contributed by atoms with E-state index in [0.29, 0.717) is 12.0 Å². The largest absolute Gasteiger partial charge is 0.463 e. The van der Waals surface area contributed by atoms with Crippen LogP contribution in [0.25, 0.3) is 0 Å². The van der Waals surface area contributed by atoms with Crippen molar-refractivity contribution >= 4 is 5.97 Å². The molecule has 1 N–H and O–H groups in total. The molecule has 0 unspecified atom stereocenters. The van der Waals surface area contributed by atoms with E-state index in [0.717, 1.165) is 13.1 Å². The van der Waals surface area contributed by atoms with Crippen LogP contribution in [0.3, 0.4) is 0 Å². The summed E-state index contributed by atoms with van der Waals surface area (Å²) in [6, 6.07) is 0. The van der Waals surface area contributed by atoms with E-state index in [1.807, 2.05) is 13.0 Å². The average molecular weight is 225 g/mol. The summed E-state index contributed by atoms with van der Waals surface area (Å²) in [5.74, 6) is -0.252. The highest BCUT2D eigenvalue weighted by Crippen LogP contribution is 2.42. The highest BCUT2D eigenvalue weighted by atomic mass is 16.5. The Kier molecular flexibility index (Phi) is 5.53. The smallest absolute Gasteiger partial charge is 0.330 e. The molecule has 1 saturated carbocycles. The molecule has 1 rings (SSSR count). The lowest BCUT2D eigenvalue weighted by Gasteiger charge is -2.41. The predicted octanol–water partition coefficient (Wildman–Crippen LogP) is 2.28. The quantitative estimate of drug-likeness (QED) is 0.410. The Labute approximate surface area is 98.2 Å². The summed E-state index contributed by atoms with van der Waals surface area (Å²) >= 11 is 0. The van der Waals surface area contributed by atoms with Crippen molar-refractivity contribution in [2.24, 2.45) is 5.41 Å². The molecule has 1 fully saturated rings. The Hall–Kier alpha value is -0.830. The predicted molar refractivity (Wildman–Crippen MR) is 65.2 cm³/mol. The van der Waals surface area contributed by atoms with Crippen molar-refractivity contribution in [1.82, 2.24) is 5.32 Å². The zero-order chi connectivity index (χ0) is 11.9. The van der Waals surface area contributed by atoms with Gasteiger partial charge in [-0.05, 0) is 31.6 Å². The molecule has 0 spiro atoms. The Morgan fingerprint density at radius 2 is 2.19 bits per heavy atom. The summed E-state index contributed by atoms with van der Waals surface area (Å²) in [6.07, 6.45) is 8.64. The molecule has 0 aromatic rings. The highest BCUT2D eigenvalue weighted by molar-refractivity contribution is 5.81. The molecule has 0 radical (unpaired) electrons. The van der Waals surface area contributed by atoms with Gasteiger partial charge in [-0.15, -0.1) is 0 Å². The van der Waals surface area contributed by atoms with E-state index in [9.17, 15) is 4.79 Å². The summed E-state index contributed by atoms with van der Waals surface area (Å²) < 4.78 is 4.79. The monoisotopic (exact) mass is 225 g/mol. The third-order valence-corrected chi connectivity index (χ3v) is 3.47. The molecular weight excluding hydrogens is 202 g/mol. The van der Waals surface area contributed by atoms with Crippen LogP contribution in [0, 0.1) is 5.41 Å². The van der Waals surface area contributed by atoms with Crippen LogP contribution in [0.5, 0.6) is 0 Å². The number of carbonyl (C=O) groups is 1. The van der Waals surface area contributed by atoms with Gasteiger partial charge in [0.25, 0.3) is 0 Å². The Morgan fingerprint density at radius 1 is 1.44 bits per heavy atom. The van der Waals surface area contributed by atoms with Crippen molar-refractivity contribution in [3.8, 4) is 0 Å². The molecule has 3 nitrogen and oxygen atoms in total. The fourth-order valence-corrected chi connectivity index (χ4v) is 2.10. The molecule has 92 valence electrons. The van der Waals surface area contributed by atoms with Crippen LogP contribution >= 0.6 is 0 Å². The topological polar surface area (TPSA) is 38.3 Å². The number of esters is 1. The number of carbonyl (C=O) groups excluding carboxylic acids is 1. The second kappa shape index (κ2) is 6.69. The van der Waals surface area contributed by atoms with Gasteiger partial charge in [0, 0.05) is 19.2 Å². The number of nitrogens with one attached hydrogen (secondary N) is 1. The maximum atomic E-state index is 11.0. The van der Waals surface area contributed by atoms with Gasteiger partial charge >= 0.3 is 5.97 Å². The van der Waals surface area contributed by atoms with Crippen molar-refractivity contribution in [2.75, 3.05) is 19.7 Å². The molecule has 0 heterocycles. The molecule has 0 aliphatic heterocycles. The van der Waals surface area contributed by atoms with Crippen molar-refractivity contribution in [3.63, 3.8) is 0 Å². The first-order valence-electron chi connectivity index (χ1n) is 6.26. The summed E-state index contributed by atoms with van der Waals surface area (Å²) in [5, 5.41) is 3.38. The van der Waals surface area contributed by atoms with E-state index in [2.05, 4.69) is 12.2 Å². The van der Waals surface area contributed by atoms with Crippen molar-refractivity contribution < 1.29 is 9.53 Å². The van der Waals surface area contributed by atoms with Gasteiger partial charge in [-0.3, -0.25) is 0 Å². The first-order valence-corrected chi connectivity index (χ1v) is 6.26. The Bertz CT molecular complexity index is 239. The van der Waals surface area contributed by atoms with Crippen molar-refractivity contribution in [2.45, 2.75) is 39.5 Å². The maximum Gasteiger partial charge on any atom is 0.330 e. The number of rotatable bonds is 7. The van der Waals surface area contributed by atoms with Crippen LogP contribution in [-0.4, -0.2) is 25.7 Å². The molecule has 0 aromatic heterocycles. The fourth-order valence-electron chi connectivity index (χ4n) is 2.10. The van der Waals surface area contributed by atoms with Crippen LogP contribution in [0.1, 0.15) is 39.5 Å². The van der Waals surface area contributed by atoms with E-state index >= 15 is 0 Å². The molecule has 0 saturated heterocycles. The summed E-state index contributed by atoms with van der Waals surface area (Å²) in [6.45, 7) is 6.33. The van der Waals surface area contributed by atoms with Gasteiger partial charge in [-0.2, -0.15) is 0 Å². The number of hydrogen-bond donors (Lipinski definition) is 1. The van der Waals surface area contributed by atoms with Gasteiger partial charge < -0.3 is 10.1 Å². The Morgan fingerprint density at radius 3 is 2.69 bits per heavy atom. The molecule has 1 aliphatic carbocycles. The van der Waals surface area contributed by atoms with Crippen LogP contribution in [-0.2, 0) is 9.53 Å². The molecule has 0 aromatic carbocycles. The number of ether oxygens (including phenoxy) is 1. The normalized spacial score (nSPS) is 18.4. The molecule has 0 atom stereocenters. The minimum absolute atomic E-state index is 0.252. The van der Waals surface area contributed by atoms with Crippen LogP contribution in [0.15, 0.2) is 12.2 Å². The van der Waals surface area contributed by atoms with E-state index in [-0.39, 0.29) is 5.97 Å². The maximum absolute atomic E-state index is 11.0. The zero-order valence-corrected chi connectivity index (χ0v) is 10.4. The van der Waals surface area contributed by atoms with E-state index in [4.69, 9.17) is 4.74 Å². The highest BCUT2D eigenvalue weighted by Gasteiger charge is 2.34. The van der Waals surface area contributed by atoms with Gasteiger partial charge in [0.05, 0.1) is 6.61 Å². The minimum Gasteiger partial charge on any atom is -0.463 e. The van der Waals surface area contributed by atoms with Gasteiger partial charge in [-0.25, -0.2) is 4.79 Å². The summed E-state index contributed by atoms with van der Waals surface area (Å²) in [5.41, 5.74) is 0.539. The first-order chi connectivity index (χ1) is 7.72. The second-order valence-corrected chi connectivity index (χ2v) is 4.49. The zero-order valence-electron chi connectivity index (χ0n) is 10.4. The lowest BCUT2D eigenvalue weighted by atomic mass is 9.67. The molecular formula is C13H23NO2. The van der Waals surface area contributed by atoms with Crippen LogP contribution < -0.4 is 5.32 Å². The standard InChI is InChI=1S/C13H23NO2/c1-3-13(8-6-9-13)11-14-10-5-7-12(15)16-4-2/h5,7,14H,3-4,6,8-11H2,1-2H3/b7-5+. The lowest BCUT2D eigenvalue weighted by Crippen LogP contribution is -2.39. The molecule has 0 amide bonds. The number of hydrogen-bond acceptors (Lipinski definition) is 3. The molecule has 16 heavy (non-hydrogen) atoms. The lowest BCUT2D eigenvalue weighted by molar-refractivity contribution is -0.137. The minimum atomic E-state index is -0.252. The average Bonchev–Trinajstić information content (AvgIpc) is 2.21. The third kappa shape index (κ3) is 3.97. The third-order valence-electron chi connectivity index (χ3n) is 3.47. The molecule has 0 bridgehead atoms. The second-order valence-electron chi connectivity index (χ2n) is 4.49. The Balaban J connectivity index is 2.09. The van der Waals surface area contributed by atoms with Gasteiger partial charge in [-0.1, -0.05) is 19.4 Å². The SMILES string of the molecule is CCOC(=O)/C=C/CNCC1(CC)CCC1. The summed E-state index contributed by atoms with van der Waals surface area (Å²) in [7, 11) is 0. The van der Waals surface area contributed by atoms with Gasteiger partial charge in [0.2, 0.25) is 0 Å². The van der Waals surface area contributed by atoms with Crippen LogP contribution in [0.2, 0.25) is 0 Å². The summed E-state index contributed by atoms with van der Waals surface area (Å²) in [4.78, 5) is 11.0. The van der Waals surface area contributed by atoms with Gasteiger partial charge in [0.1, 0.15) is 0 Å².